The first-order valence-corrected chi connectivity index (χ1v) is 7.69. The van der Waals surface area contributed by atoms with Gasteiger partial charge in [0.15, 0.2) is 5.96 Å². The van der Waals surface area contributed by atoms with Gasteiger partial charge >= 0.3 is 6.09 Å². The number of furan rings is 1. The number of piperidine rings is 1. The molecule has 0 aromatic carbocycles. The van der Waals surface area contributed by atoms with Gasteiger partial charge in [0, 0.05) is 32.1 Å². The number of guanidine groups is 1. The highest BCUT2D eigenvalue weighted by Crippen LogP contribution is 2.11. The molecule has 0 bridgehead atoms. The van der Waals surface area contributed by atoms with Gasteiger partial charge in [-0.3, -0.25) is 4.99 Å². The van der Waals surface area contributed by atoms with E-state index in [1.807, 2.05) is 19.1 Å². The maximum absolute atomic E-state index is 11.6. The zero-order valence-corrected chi connectivity index (χ0v) is 15.7. The lowest BCUT2D eigenvalue weighted by atomic mass is 10.1. The van der Waals surface area contributed by atoms with Gasteiger partial charge < -0.3 is 25.1 Å². The predicted molar refractivity (Wildman–Crippen MR) is 99.1 cm³/mol. The smallest absolute Gasteiger partial charge is 0.409 e. The van der Waals surface area contributed by atoms with E-state index in [4.69, 9.17) is 14.9 Å². The highest BCUT2D eigenvalue weighted by Gasteiger charge is 2.23. The second-order valence-corrected chi connectivity index (χ2v) is 5.20. The van der Waals surface area contributed by atoms with Gasteiger partial charge in [-0.1, -0.05) is 0 Å². The molecule has 0 atom stereocenters. The van der Waals surface area contributed by atoms with E-state index >= 15 is 0 Å². The first kappa shape index (κ1) is 19.6. The molecule has 23 heavy (non-hydrogen) atoms. The summed E-state index contributed by atoms with van der Waals surface area (Å²) >= 11 is 0. The molecule has 1 saturated heterocycles. The number of rotatable bonds is 5. The maximum atomic E-state index is 11.6. The number of carbonyl (C=O) groups is 1. The van der Waals surface area contributed by atoms with Crippen LogP contribution in [0.4, 0.5) is 4.79 Å². The molecule has 2 heterocycles. The SMILES string of the molecule is CCOC(=O)N1CCC(NC(N)=NCCc2ccco2)CC1.I. The lowest BCUT2D eigenvalue weighted by Gasteiger charge is -2.31. The fourth-order valence-corrected chi connectivity index (χ4v) is 2.42. The summed E-state index contributed by atoms with van der Waals surface area (Å²) in [5.41, 5.74) is 5.89. The Kier molecular flexibility index (Phi) is 8.82. The van der Waals surface area contributed by atoms with Crippen molar-refractivity contribution in [3.63, 3.8) is 0 Å². The van der Waals surface area contributed by atoms with Crippen molar-refractivity contribution in [2.24, 2.45) is 10.7 Å². The quantitative estimate of drug-likeness (QED) is 0.418. The zero-order chi connectivity index (χ0) is 15.8. The van der Waals surface area contributed by atoms with Gasteiger partial charge in [-0.05, 0) is 31.9 Å². The van der Waals surface area contributed by atoms with Crippen LogP contribution in [0.25, 0.3) is 0 Å². The Hall–Kier alpha value is -1.45. The molecule has 0 spiro atoms. The Balaban J connectivity index is 0.00000264. The Morgan fingerprint density at radius 1 is 1.52 bits per heavy atom. The largest absolute Gasteiger partial charge is 0.469 e. The number of halogens is 1. The summed E-state index contributed by atoms with van der Waals surface area (Å²) in [5.74, 6) is 1.35. The van der Waals surface area contributed by atoms with Crippen molar-refractivity contribution in [3.05, 3.63) is 24.2 Å². The zero-order valence-electron chi connectivity index (χ0n) is 13.4. The lowest BCUT2D eigenvalue weighted by Crippen LogP contribution is -2.48. The number of carbonyl (C=O) groups excluding carboxylic acids is 1. The van der Waals surface area contributed by atoms with E-state index in [0.717, 1.165) is 25.0 Å². The number of likely N-dealkylation sites (tertiary alicyclic amines) is 1. The molecule has 0 saturated carbocycles. The molecule has 0 unspecified atom stereocenters. The number of aliphatic imine (C=N–C) groups is 1. The first-order chi connectivity index (χ1) is 10.7. The first-order valence-electron chi connectivity index (χ1n) is 7.69. The molecule has 1 aliphatic rings. The molecule has 3 N–H and O–H groups in total. The summed E-state index contributed by atoms with van der Waals surface area (Å²) in [7, 11) is 0. The number of nitrogens with zero attached hydrogens (tertiary/aromatic N) is 2. The van der Waals surface area contributed by atoms with Gasteiger partial charge in [0.05, 0.1) is 12.9 Å². The van der Waals surface area contributed by atoms with Crippen LogP contribution in [0.1, 0.15) is 25.5 Å². The number of hydrogen-bond acceptors (Lipinski definition) is 4. The Labute approximate surface area is 153 Å². The number of nitrogens with two attached hydrogens (primary N) is 1. The van der Waals surface area contributed by atoms with Crippen molar-refractivity contribution >= 4 is 36.0 Å². The van der Waals surface area contributed by atoms with Crippen molar-refractivity contribution in [1.82, 2.24) is 10.2 Å². The second kappa shape index (κ2) is 10.3. The van der Waals surface area contributed by atoms with Crippen molar-refractivity contribution in [3.8, 4) is 0 Å². The minimum Gasteiger partial charge on any atom is -0.469 e. The van der Waals surface area contributed by atoms with Crippen molar-refractivity contribution in [2.45, 2.75) is 32.2 Å². The monoisotopic (exact) mass is 436 g/mol. The third-order valence-corrected chi connectivity index (χ3v) is 3.59. The van der Waals surface area contributed by atoms with Crippen LogP contribution in [-0.4, -0.2) is 49.2 Å². The molecule has 1 fully saturated rings. The van der Waals surface area contributed by atoms with E-state index in [2.05, 4.69) is 10.3 Å². The van der Waals surface area contributed by atoms with Gasteiger partial charge in [0.2, 0.25) is 0 Å². The van der Waals surface area contributed by atoms with Crippen LogP contribution in [0.5, 0.6) is 0 Å². The second-order valence-electron chi connectivity index (χ2n) is 5.20. The summed E-state index contributed by atoms with van der Waals surface area (Å²) in [6.07, 6.45) is 3.83. The number of hydrogen-bond donors (Lipinski definition) is 2. The number of ether oxygens (including phenoxy) is 1. The van der Waals surface area contributed by atoms with Gasteiger partial charge in [0.25, 0.3) is 0 Å². The third kappa shape index (κ3) is 6.67. The Morgan fingerprint density at radius 2 is 2.26 bits per heavy atom. The summed E-state index contributed by atoms with van der Waals surface area (Å²) in [6, 6.07) is 4.03. The van der Waals surface area contributed by atoms with Crippen LogP contribution in [-0.2, 0) is 11.2 Å². The van der Waals surface area contributed by atoms with E-state index in [1.165, 1.54) is 0 Å². The van der Waals surface area contributed by atoms with E-state index in [0.29, 0.717) is 32.2 Å². The van der Waals surface area contributed by atoms with E-state index in [9.17, 15) is 4.79 Å². The minimum atomic E-state index is -0.235. The lowest BCUT2D eigenvalue weighted by molar-refractivity contribution is 0.0963. The maximum Gasteiger partial charge on any atom is 0.409 e. The third-order valence-electron chi connectivity index (χ3n) is 3.59. The number of nitrogens with one attached hydrogen (secondary N) is 1. The fraction of sp³-hybridized carbons (Fsp3) is 0.600. The average molecular weight is 436 g/mol. The average Bonchev–Trinajstić information content (AvgIpc) is 3.01. The molecular formula is C15H25IN4O3. The molecule has 130 valence electrons. The summed E-state index contributed by atoms with van der Waals surface area (Å²) in [4.78, 5) is 17.6. The highest BCUT2D eigenvalue weighted by atomic mass is 127. The fourth-order valence-electron chi connectivity index (χ4n) is 2.42. The van der Waals surface area contributed by atoms with Gasteiger partial charge in [-0.25, -0.2) is 4.79 Å². The van der Waals surface area contributed by atoms with Crippen LogP contribution in [0, 0.1) is 0 Å². The number of amides is 1. The molecule has 0 radical (unpaired) electrons. The molecule has 1 aromatic heterocycles. The van der Waals surface area contributed by atoms with Crippen LogP contribution in [0.15, 0.2) is 27.8 Å². The minimum absolute atomic E-state index is 0. The molecule has 7 nitrogen and oxygen atoms in total. The van der Waals surface area contributed by atoms with Crippen LogP contribution < -0.4 is 11.1 Å². The Morgan fingerprint density at radius 3 is 2.87 bits per heavy atom. The molecule has 0 aliphatic carbocycles. The summed E-state index contributed by atoms with van der Waals surface area (Å²) in [5, 5.41) is 3.21. The molecule has 2 rings (SSSR count). The van der Waals surface area contributed by atoms with Crippen molar-refractivity contribution in [2.75, 3.05) is 26.2 Å². The highest BCUT2D eigenvalue weighted by molar-refractivity contribution is 14.0. The van der Waals surface area contributed by atoms with E-state index in [-0.39, 0.29) is 36.1 Å². The van der Waals surface area contributed by atoms with Crippen LogP contribution >= 0.6 is 24.0 Å². The molecule has 8 heteroatoms. The molecular weight excluding hydrogens is 411 g/mol. The molecule has 1 aliphatic heterocycles. The molecule has 1 amide bonds. The van der Waals surface area contributed by atoms with Gasteiger partial charge in [-0.2, -0.15) is 0 Å². The van der Waals surface area contributed by atoms with E-state index in [1.54, 1.807) is 11.2 Å². The van der Waals surface area contributed by atoms with Crippen LogP contribution in [0.3, 0.4) is 0 Å². The van der Waals surface area contributed by atoms with Crippen LogP contribution in [0.2, 0.25) is 0 Å². The van der Waals surface area contributed by atoms with E-state index < -0.39 is 0 Å². The predicted octanol–water partition coefficient (Wildman–Crippen LogP) is 1.97. The normalized spacial score (nSPS) is 15.9. The van der Waals surface area contributed by atoms with Gasteiger partial charge in [0.1, 0.15) is 5.76 Å². The van der Waals surface area contributed by atoms with Crippen molar-refractivity contribution in [1.29, 1.82) is 0 Å². The standard InChI is InChI=1S/C15H24N4O3.HI/c1-2-21-15(20)19-9-6-12(7-10-19)18-14(16)17-8-5-13-4-3-11-22-13;/h3-4,11-12H,2,5-10H2,1H3,(H3,16,17,18);1H. The molecule has 1 aromatic rings. The summed E-state index contributed by atoms with van der Waals surface area (Å²) in [6.45, 7) is 4.17. The van der Waals surface area contributed by atoms with Crippen molar-refractivity contribution < 1.29 is 13.9 Å². The topological polar surface area (TPSA) is 93.1 Å². The Bertz CT molecular complexity index is 485. The summed E-state index contributed by atoms with van der Waals surface area (Å²) < 4.78 is 10.2. The van der Waals surface area contributed by atoms with Gasteiger partial charge in [-0.15, -0.1) is 24.0 Å².